The maximum Gasteiger partial charge on any atom is 0.248 e. The van der Waals surface area contributed by atoms with Crippen molar-refractivity contribution in [2.45, 2.75) is 0 Å². The maximum atomic E-state index is 12.3. The summed E-state index contributed by atoms with van der Waals surface area (Å²) >= 11 is 12.3. The lowest BCUT2D eigenvalue weighted by Gasteiger charge is -2.12. The molecule has 8 heteroatoms. The number of methoxy groups -OCH3 is 2. The molecule has 0 atom stereocenters. The number of hydrogen-bond acceptors (Lipinski definition) is 4. The van der Waals surface area contributed by atoms with Gasteiger partial charge in [0.2, 0.25) is 5.91 Å². The first-order valence-corrected chi connectivity index (χ1v) is 8.32. The van der Waals surface area contributed by atoms with Crippen LogP contribution in [0.5, 0.6) is 11.5 Å². The highest BCUT2D eigenvalue weighted by Crippen LogP contribution is 2.35. The Kier molecular flexibility index (Phi) is 5.35. The number of nitrogens with zero attached hydrogens (tertiary/aromatic N) is 2. The molecule has 2 heterocycles. The Hall–Kier alpha value is -2.70. The number of halogens is 2. The van der Waals surface area contributed by atoms with Crippen LogP contribution in [0.25, 0.3) is 11.7 Å². The Bertz CT molecular complexity index is 999. The van der Waals surface area contributed by atoms with Gasteiger partial charge < -0.3 is 14.8 Å². The predicted octanol–water partition coefficient (Wildman–Crippen LogP) is 4.31. The van der Waals surface area contributed by atoms with Crippen LogP contribution in [0.15, 0.2) is 42.6 Å². The molecule has 0 aliphatic carbocycles. The summed E-state index contributed by atoms with van der Waals surface area (Å²) in [6.45, 7) is 0. The second kappa shape index (κ2) is 7.68. The van der Waals surface area contributed by atoms with Crippen molar-refractivity contribution in [3.8, 4) is 11.5 Å². The highest BCUT2D eigenvalue weighted by atomic mass is 35.5. The summed E-state index contributed by atoms with van der Waals surface area (Å²) in [4.78, 5) is 16.5. The molecule has 0 aliphatic rings. The molecule has 0 saturated heterocycles. The number of pyridine rings is 1. The van der Waals surface area contributed by atoms with E-state index < -0.39 is 0 Å². The molecular formula is C18H15Cl2N3O3. The lowest BCUT2D eigenvalue weighted by Crippen LogP contribution is -2.09. The van der Waals surface area contributed by atoms with E-state index in [0.29, 0.717) is 38.7 Å². The van der Waals surface area contributed by atoms with E-state index in [1.165, 1.54) is 20.3 Å². The van der Waals surface area contributed by atoms with Gasteiger partial charge in [0.1, 0.15) is 17.1 Å². The number of amides is 1. The number of hydrogen-bond donors (Lipinski definition) is 1. The largest absolute Gasteiger partial charge is 0.495 e. The van der Waals surface area contributed by atoms with Crippen LogP contribution < -0.4 is 14.8 Å². The van der Waals surface area contributed by atoms with Crippen LogP contribution in [0, 0.1) is 0 Å². The summed E-state index contributed by atoms with van der Waals surface area (Å²) in [5.41, 5.74) is 1.73. The Morgan fingerprint density at radius 3 is 2.69 bits per heavy atom. The summed E-state index contributed by atoms with van der Waals surface area (Å²) < 4.78 is 12.2. The standard InChI is InChI=1S/C18H15Cl2N3O3/c1-25-14-10-15(26-2)12(9-11(14)19)21-17(24)7-6-13-18(20)22-16-5-3-4-8-23(13)16/h3-10H,1-2H3,(H,21,24)/b7-6+. The molecule has 0 spiro atoms. The number of ether oxygens (including phenoxy) is 2. The third kappa shape index (κ3) is 3.61. The Balaban J connectivity index is 1.84. The van der Waals surface area contributed by atoms with Crippen LogP contribution in [-0.2, 0) is 4.79 Å². The molecular weight excluding hydrogens is 377 g/mol. The number of nitrogens with one attached hydrogen (secondary N) is 1. The normalized spacial score (nSPS) is 11.1. The Morgan fingerprint density at radius 1 is 1.19 bits per heavy atom. The molecule has 0 unspecified atom stereocenters. The topological polar surface area (TPSA) is 64.9 Å². The van der Waals surface area contributed by atoms with Crippen molar-refractivity contribution < 1.29 is 14.3 Å². The highest BCUT2D eigenvalue weighted by Gasteiger charge is 2.12. The van der Waals surface area contributed by atoms with E-state index in [9.17, 15) is 4.79 Å². The molecule has 6 nitrogen and oxygen atoms in total. The molecule has 134 valence electrons. The molecule has 1 aromatic carbocycles. The molecule has 0 bridgehead atoms. The first-order chi connectivity index (χ1) is 12.5. The molecule has 1 amide bonds. The monoisotopic (exact) mass is 391 g/mol. The maximum absolute atomic E-state index is 12.3. The average Bonchev–Trinajstić information content (AvgIpc) is 2.95. The number of carbonyl (C=O) groups excluding carboxylic acids is 1. The van der Waals surface area contributed by atoms with E-state index in [1.807, 2.05) is 24.4 Å². The van der Waals surface area contributed by atoms with Crippen LogP contribution in [0.3, 0.4) is 0 Å². The van der Waals surface area contributed by atoms with Crippen molar-refractivity contribution in [1.29, 1.82) is 0 Å². The summed E-state index contributed by atoms with van der Waals surface area (Å²) in [7, 11) is 2.99. The van der Waals surface area contributed by atoms with Gasteiger partial charge in [-0.25, -0.2) is 4.98 Å². The number of benzene rings is 1. The second-order valence-electron chi connectivity index (χ2n) is 5.23. The van der Waals surface area contributed by atoms with E-state index >= 15 is 0 Å². The fourth-order valence-corrected chi connectivity index (χ4v) is 2.90. The zero-order valence-corrected chi connectivity index (χ0v) is 15.5. The predicted molar refractivity (Wildman–Crippen MR) is 102 cm³/mol. The van der Waals surface area contributed by atoms with Gasteiger partial charge in [0.15, 0.2) is 5.15 Å². The van der Waals surface area contributed by atoms with Gasteiger partial charge in [-0.05, 0) is 24.3 Å². The quantitative estimate of drug-likeness (QED) is 0.658. The lowest BCUT2D eigenvalue weighted by molar-refractivity contribution is -0.111. The van der Waals surface area contributed by atoms with Crippen molar-refractivity contribution in [2.75, 3.05) is 19.5 Å². The van der Waals surface area contributed by atoms with Crippen LogP contribution in [0.4, 0.5) is 5.69 Å². The number of aromatic nitrogens is 2. The van der Waals surface area contributed by atoms with Gasteiger partial charge in [-0.3, -0.25) is 9.20 Å². The number of fused-ring (bicyclic) bond motifs is 1. The van der Waals surface area contributed by atoms with Crippen LogP contribution in [0.1, 0.15) is 5.69 Å². The SMILES string of the molecule is COc1cc(OC)c(NC(=O)/C=C/c2c(Cl)nc3ccccn23)cc1Cl. The van der Waals surface area contributed by atoms with Crippen molar-refractivity contribution in [3.63, 3.8) is 0 Å². The smallest absolute Gasteiger partial charge is 0.248 e. The second-order valence-corrected chi connectivity index (χ2v) is 5.99. The fraction of sp³-hybridized carbons (Fsp3) is 0.111. The first kappa shape index (κ1) is 18.1. The van der Waals surface area contributed by atoms with E-state index in [1.54, 1.807) is 22.6 Å². The van der Waals surface area contributed by atoms with Crippen molar-refractivity contribution in [1.82, 2.24) is 9.38 Å². The van der Waals surface area contributed by atoms with Gasteiger partial charge in [0, 0.05) is 18.3 Å². The minimum absolute atomic E-state index is 0.310. The van der Waals surface area contributed by atoms with E-state index in [0.717, 1.165) is 0 Å². The first-order valence-electron chi connectivity index (χ1n) is 7.56. The Labute approximate surface area is 160 Å². The minimum atomic E-state index is -0.369. The van der Waals surface area contributed by atoms with E-state index in [2.05, 4.69) is 10.3 Å². The summed E-state index contributed by atoms with van der Waals surface area (Å²) in [5.74, 6) is 0.516. The molecule has 2 aromatic heterocycles. The summed E-state index contributed by atoms with van der Waals surface area (Å²) in [5, 5.41) is 3.39. The average molecular weight is 392 g/mol. The van der Waals surface area contributed by atoms with Gasteiger partial charge in [-0.1, -0.05) is 29.3 Å². The van der Waals surface area contributed by atoms with Crippen molar-refractivity contribution in [2.24, 2.45) is 0 Å². The number of rotatable bonds is 5. The van der Waals surface area contributed by atoms with E-state index in [-0.39, 0.29) is 5.91 Å². The van der Waals surface area contributed by atoms with Crippen molar-refractivity contribution >= 4 is 46.5 Å². The molecule has 1 N–H and O–H groups in total. The molecule has 3 aromatic rings. The van der Waals surface area contributed by atoms with Crippen LogP contribution in [0.2, 0.25) is 10.2 Å². The molecule has 0 aliphatic heterocycles. The third-order valence-corrected chi connectivity index (χ3v) is 4.22. The minimum Gasteiger partial charge on any atom is -0.495 e. The molecule has 3 rings (SSSR count). The summed E-state index contributed by atoms with van der Waals surface area (Å²) in [6, 6.07) is 8.70. The van der Waals surface area contributed by atoms with E-state index in [4.69, 9.17) is 32.7 Å². The Morgan fingerprint density at radius 2 is 1.96 bits per heavy atom. The number of anilines is 1. The number of imidazole rings is 1. The van der Waals surface area contributed by atoms with Gasteiger partial charge >= 0.3 is 0 Å². The van der Waals surface area contributed by atoms with Crippen molar-refractivity contribution in [3.05, 3.63) is 58.5 Å². The zero-order valence-electron chi connectivity index (χ0n) is 14.0. The van der Waals surface area contributed by atoms with Crippen LogP contribution >= 0.6 is 23.2 Å². The number of carbonyl (C=O) groups is 1. The third-order valence-electron chi connectivity index (χ3n) is 3.65. The molecule has 0 fully saturated rings. The van der Waals surface area contributed by atoms with Gasteiger partial charge in [-0.2, -0.15) is 0 Å². The molecule has 0 saturated carbocycles. The van der Waals surface area contributed by atoms with Gasteiger partial charge in [0.05, 0.1) is 30.6 Å². The van der Waals surface area contributed by atoms with Crippen LogP contribution in [-0.4, -0.2) is 29.5 Å². The highest BCUT2D eigenvalue weighted by molar-refractivity contribution is 6.32. The summed E-state index contributed by atoms with van der Waals surface area (Å²) in [6.07, 6.45) is 4.77. The molecule has 0 radical (unpaired) electrons. The fourth-order valence-electron chi connectivity index (χ4n) is 2.42. The van der Waals surface area contributed by atoms with Gasteiger partial charge in [0.25, 0.3) is 0 Å². The lowest BCUT2D eigenvalue weighted by atomic mass is 10.2. The zero-order chi connectivity index (χ0) is 18.7. The molecule has 26 heavy (non-hydrogen) atoms. The van der Waals surface area contributed by atoms with Gasteiger partial charge in [-0.15, -0.1) is 0 Å².